The summed E-state index contributed by atoms with van der Waals surface area (Å²) in [6, 6.07) is 5.34. The van der Waals surface area contributed by atoms with Crippen molar-refractivity contribution in [2.24, 2.45) is 11.1 Å². The first-order chi connectivity index (χ1) is 7.54. The fourth-order valence-electron chi connectivity index (χ4n) is 1.49. The third kappa shape index (κ3) is 1.76. The zero-order valence-corrected chi connectivity index (χ0v) is 8.50. The molecule has 1 aliphatic rings. The maximum absolute atomic E-state index is 12.6. The fraction of sp³-hybridized carbons (Fsp3) is 0.273. The van der Waals surface area contributed by atoms with Crippen molar-refractivity contribution in [3.05, 3.63) is 30.1 Å². The van der Waals surface area contributed by atoms with Crippen molar-refractivity contribution in [3.8, 4) is 0 Å². The van der Waals surface area contributed by atoms with Crippen molar-refractivity contribution in [3.63, 3.8) is 0 Å². The van der Waals surface area contributed by atoms with Crippen molar-refractivity contribution in [2.75, 3.05) is 5.32 Å². The fourth-order valence-corrected chi connectivity index (χ4v) is 1.49. The second-order valence-corrected chi connectivity index (χ2v) is 3.91. The number of benzene rings is 1. The number of rotatable bonds is 3. The average Bonchev–Trinajstić information content (AvgIpc) is 3.02. The van der Waals surface area contributed by atoms with Crippen LogP contribution in [0.1, 0.15) is 12.8 Å². The molecule has 0 heterocycles. The SMILES string of the molecule is NC(=O)C1(C(=O)Nc2ccc(F)cc2)CC1. The van der Waals surface area contributed by atoms with Crippen LogP contribution in [0.3, 0.4) is 0 Å². The number of anilines is 1. The lowest BCUT2D eigenvalue weighted by Crippen LogP contribution is -2.36. The van der Waals surface area contributed by atoms with Gasteiger partial charge < -0.3 is 11.1 Å². The van der Waals surface area contributed by atoms with Crippen LogP contribution in [0.25, 0.3) is 0 Å². The molecular formula is C11H11FN2O2. The van der Waals surface area contributed by atoms with Crippen LogP contribution in [-0.2, 0) is 9.59 Å². The highest BCUT2D eigenvalue weighted by molar-refractivity contribution is 6.12. The molecule has 0 bridgehead atoms. The van der Waals surface area contributed by atoms with E-state index in [1.807, 2.05) is 0 Å². The van der Waals surface area contributed by atoms with Gasteiger partial charge in [-0.1, -0.05) is 0 Å². The summed E-state index contributed by atoms with van der Waals surface area (Å²) in [4.78, 5) is 22.8. The van der Waals surface area contributed by atoms with Crippen molar-refractivity contribution in [1.82, 2.24) is 0 Å². The molecule has 0 aliphatic heterocycles. The Hall–Kier alpha value is -1.91. The molecular weight excluding hydrogens is 211 g/mol. The molecule has 1 aromatic carbocycles. The number of halogens is 1. The van der Waals surface area contributed by atoms with Crippen LogP contribution in [0.15, 0.2) is 24.3 Å². The van der Waals surface area contributed by atoms with Crippen LogP contribution in [0.2, 0.25) is 0 Å². The van der Waals surface area contributed by atoms with E-state index in [2.05, 4.69) is 5.32 Å². The minimum Gasteiger partial charge on any atom is -0.369 e. The summed E-state index contributed by atoms with van der Waals surface area (Å²) in [5, 5.41) is 2.55. The quantitative estimate of drug-likeness (QED) is 0.750. The summed E-state index contributed by atoms with van der Waals surface area (Å²) < 4.78 is 12.6. The van der Waals surface area contributed by atoms with Crippen LogP contribution < -0.4 is 11.1 Å². The van der Waals surface area contributed by atoms with Crippen LogP contribution in [0, 0.1) is 11.2 Å². The van der Waals surface area contributed by atoms with E-state index < -0.39 is 17.2 Å². The maximum atomic E-state index is 12.6. The molecule has 1 aromatic rings. The smallest absolute Gasteiger partial charge is 0.240 e. The highest BCUT2D eigenvalue weighted by Crippen LogP contribution is 2.46. The van der Waals surface area contributed by atoms with Gasteiger partial charge in [-0.2, -0.15) is 0 Å². The lowest BCUT2D eigenvalue weighted by atomic mass is 10.1. The van der Waals surface area contributed by atoms with Gasteiger partial charge in [-0.25, -0.2) is 4.39 Å². The number of hydrogen-bond acceptors (Lipinski definition) is 2. The Morgan fingerprint density at radius 3 is 2.25 bits per heavy atom. The predicted molar refractivity (Wildman–Crippen MR) is 55.9 cm³/mol. The second-order valence-electron chi connectivity index (χ2n) is 3.91. The molecule has 16 heavy (non-hydrogen) atoms. The molecule has 0 radical (unpaired) electrons. The normalized spacial score (nSPS) is 16.6. The van der Waals surface area contributed by atoms with Gasteiger partial charge in [0.2, 0.25) is 11.8 Å². The summed E-state index contributed by atoms with van der Waals surface area (Å²) in [6.45, 7) is 0. The predicted octanol–water partition coefficient (Wildman–Crippen LogP) is 1.03. The van der Waals surface area contributed by atoms with E-state index in [9.17, 15) is 14.0 Å². The topological polar surface area (TPSA) is 72.2 Å². The monoisotopic (exact) mass is 222 g/mol. The Morgan fingerprint density at radius 2 is 1.81 bits per heavy atom. The number of hydrogen-bond donors (Lipinski definition) is 2. The minimum atomic E-state index is -1.05. The molecule has 0 spiro atoms. The van der Waals surface area contributed by atoms with Gasteiger partial charge in [0.05, 0.1) is 0 Å². The number of carbonyl (C=O) groups excluding carboxylic acids is 2. The van der Waals surface area contributed by atoms with Crippen molar-refractivity contribution in [1.29, 1.82) is 0 Å². The Labute approximate surface area is 91.6 Å². The largest absolute Gasteiger partial charge is 0.369 e. The Bertz CT molecular complexity index is 438. The molecule has 0 atom stereocenters. The van der Waals surface area contributed by atoms with Gasteiger partial charge in [0.1, 0.15) is 11.2 Å². The molecule has 0 saturated heterocycles. The summed E-state index contributed by atoms with van der Waals surface area (Å²) in [7, 11) is 0. The number of primary amides is 1. The van der Waals surface area contributed by atoms with Gasteiger partial charge in [0.15, 0.2) is 0 Å². The summed E-state index contributed by atoms with van der Waals surface area (Å²) in [5.41, 5.74) is 4.56. The number of amides is 2. The van der Waals surface area contributed by atoms with Crippen molar-refractivity contribution in [2.45, 2.75) is 12.8 Å². The molecule has 0 aromatic heterocycles. The first kappa shape index (κ1) is 10.6. The zero-order valence-electron chi connectivity index (χ0n) is 8.50. The minimum absolute atomic E-state index is 0.381. The van der Waals surface area contributed by atoms with Crippen LogP contribution >= 0.6 is 0 Å². The molecule has 5 heteroatoms. The first-order valence-electron chi connectivity index (χ1n) is 4.91. The molecule has 4 nitrogen and oxygen atoms in total. The summed E-state index contributed by atoms with van der Waals surface area (Å²) >= 11 is 0. The van der Waals surface area contributed by atoms with Crippen LogP contribution in [0.4, 0.5) is 10.1 Å². The molecule has 2 rings (SSSR count). The third-order valence-electron chi connectivity index (χ3n) is 2.76. The lowest BCUT2D eigenvalue weighted by molar-refractivity contribution is -0.132. The standard InChI is InChI=1S/C11H11FN2O2/c12-7-1-3-8(4-2-7)14-10(16)11(5-6-11)9(13)15/h1-4H,5-6H2,(H2,13,15)(H,14,16). The average molecular weight is 222 g/mol. The first-order valence-corrected chi connectivity index (χ1v) is 4.91. The van der Waals surface area contributed by atoms with Gasteiger partial charge in [0.25, 0.3) is 0 Å². The van der Waals surface area contributed by atoms with E-state index in [0.717, 1.165) is 0 Å². The molecule has 3 N–H and O–H groups in total. The Kier molecular flexibility index (Phi) is 2.38. The van der Waals surface area contributed by atoms with Crippen LogP contribution in [0.5, 0.6) is 0 Å². The van der Waals surface area contributed by atoms with Gasteiger partial charge in [-0.15, -0.1) is 0 Å². The van der Waals surface area contributed by atoms with Gasteiger partial charge in [-0.3, -0.25) is 9.59 Å². The zero-order chi connectivity index (χ0) is 11.8. The molecule has 0 unspecified atom stereocenters. The van der Waals surface area contributed by atoms with E-state index >= 15 is 0 Å². The van der Waals surface area contributed by atoms with E-state index in [0.29, 0.717) is 18.5 Å². The van der Waals surface area contributed by atoms with E-state index in [4.69, 9.17) is 5.73 Å². The van der Waals surface area contributed by atoms with E-state index in [-0.39, 0.29) is 5.82 Å². The molecule has 1 aliphatic carbocycles. The number of nitrogens with two attached hydrogens (primary N) is 1. The van der Waals surface area contributed by atoms with Crippen molar-refractivity contribution >= 4 is 17.5 Å². The highest BCUT2D eigenvalue weighted by atomic mass is 19.1. The van der Waals surface area contributed by atoms with E-state index in [1.165, 1.54) is 24.3 Å². The Balaban J connectivity index is 2.08. The number of nitrogens with one attached hydrogen (secondary N) is 1. The maximum Gasteiger partial charge on any atom is 0.240 e. The second kappa shape index (κ2) is 3.59. The van der Waals surface area contributed by atoms with Crippen LogP contribution in [-0.4, -0.2) is 11.8 Å². The van der Waals surface area contributed by atoms with E-state index in [1.54, 1.807) is 0 Å². The van der Waals surface area contributed by atoms with Gasteiger partial charge >= 0.3 is 0 Å². The van der Waals surface area contributed by atoms with Gasteiger partial charge in [-0.05, 0) is 37.1 Å². The molecule has 84 valence electrons. The highest BCUT2D eigenvalue weighted by Gasteiger charge is 2.55. The number of carbonyl (C=O) groups is 2. The van der Waals surface area contributed by atoms with Gasteiger partial charge in [0, 0.05) is 5.69 Å². The summed E-state index contributed by atoms with van der Waals surface area (Å²) in [6.07, 6.45) is 0.963. The molecule has 1 saturated carbocycles. The molecule has 1 fully saturated rings. The Morgan fingerprint density at radius 1 is 1.25 bits per heavy atom. The van der Waals surface area contributed by atoms with Crippen molar-refractivity contribution < 1.29 is 14.0 Å². The summed E-state index contributed by atoms with van der Waals surface area (Å²) in [5.74, 6) is -1.40. The molecule has 2 amide bonds. The third-order valence-corrected chi connectivity index (χ3v) is 2.76. The lowest BCUT2D eigenvalue weighted by Gasteiger charge is -2.11.